The fourth-order valence-corrected chi connectivity index (χ4v) is 3.05. The molecule has 4 nitrogen and oxygen atoms in total. The first-order valence-corrected chi connectivity index (χ1v) is 7.56. The van der Waals surface area contributed by atoms with Crippen LogP contribution in [0.2, 0.25) is 0 Å². The van der Waals surface area contributed by atoms with Gasteiger partial charge in [0.15, 0.2) is 0 Å². The van der Waals surface area contributed by atoms with E-state index >= 15 is 0 Å². The normalized spacial score (nSPS) is 17.8. The molecule has 0 radical (unpaired) electrons. The van der Waals surface area contributed by atoms with E-state index in [1.165, 1.54) is 32.1 Å². The molecule has 5 heteroatoms. The second-order valence-corrected chi connectivity index (χ2v) is 5.54. The number of hydrogen-bond donors (Lipinski definition) is 0. The van der Waals surface area contributed by atoms with E-state index in [-0.39, 0.29) is 0 Å². The van der Waals surface area contributed by atoms with Crippen molar-refractivity contribution in [1.82, 2.24) is 19.7 Å². The first-order chi connectivity index (χ1) is 8.31. The van der Waals surface area contributed by atoms with Gasteiger partial charge in [0.25, 0.3) is 0 Å². The molecule has 96 valence electrons. The van der Waals surface area contributed by atoms with Crippen molar-refractivity contribution in [2.24, 2.45) is 7.05 Å². The fourth-order valence-electron chi connectivity index (χ4n) is 2.59. The van der Waals surface area contributed by atoms with Crippen molar-refractivity contribution >= 4 is 15.9 Å². The van der Waals surface area contributed by atoms with Gasteiger partial charge in [0, 0.05) is 25.0 Å². The van der Waals surface area contributed by atoms with Crippen LogP contribution in [0.4, 0.5) is 0 Å². The van der Waals surface area contributed by atoms with Gasteiger partial charge in [-0.05, 0) is 12.8 Å². The third-order valence-electron chi connectivity index (χ3n) is 3.61. The number of alkyl halides is 1. The van der Waals surface area contributed by atoms with E-state index in [2.05, 4.69) is 30.9 Å². The van der Waals surface area contributed by atoms with Crippen LogP contribution in [0.5, 0.6) is 0 Å². The smallest absolute Gasteiger partial charge is 0.140 e. The van der Waals surface area contributed by atoms with Crippen molar-refractivity contribution in [2.75, 3.05) is 11.9 Å². The lowest BCUT2D eigenvalue weighted by Gasteiger charge is -2.33. The van der Waals surface area contributed by atoms with Crippen LogP contribution in [0.3, 0.4) is 0 Å². The van der Waals surface area contributed by atoms with E-state index in [0.717, 1.165) is 30.3 Å². The van der Waals surface area contributed by atoms with Gasteiger partial charge in [-0.3, -0.25) is 9.58 Å². The van der Waals surface area contributed by atoms with E-state index in [0.29, 0.717) is 0 Å². The molecule has 0 aliphatic heterocycles. The molecule has 0 N–H and O–H groups in total. The van der Waals surface area contributed by atoms with Crippen molar-refractivity contribution in [1.29, 1.82) is 0 Å². The maximum atomic E-state index is 4.33. The minimum atomic E-state index is 0.734. The van der Waals surface area contributed by atoms with Crippen LogP contribution in [0.1, 0.15) is 37.9 Å². The van der Waals surface area contributed by atoms with Gasteiger partial charge in [-0.1, -0.05) is 35.2 Å². The second kappa shape index (κ2) is 6.50. The third kappa shape index (κ3) is 3.52. The molecular weight excluding hydrogens is 280 g/mol. The number of hydrogen-bond acceptors (Lipinski definition) is 3. The van der Waals surface area contributed by atoms with Crippen LogP contribution in [-0.4, -0.2) is 37.6 Å². The zero-order valence-electron chi connectivity index (χ0n) is 10.5. The zero-order valence-corrected chi connectivity index (χ0v) is 12.1. The minimum absolute atomic E-state index is 0.734. The molecule has 0 saturated heterocycles. The molecule has 1 saturated carbocycles. The Kier molecular flexibility index (Phi) is 4.98. The van der Waals surface area contributed by atoms with Crippen molar-refractivity contribution in [2.45, 2.75) is 44.7 Å². The average Bonchev–Trinajstić information content (AvgIpc) is 2.76. The molecule has 1 aliphatic carbocycles. The summed E-state index contributed by atoms with van der Waals surface area (Å²) >= 11 is 3.55. The summed E-state index contributed by atoms with van der Waals surface area (Å²) in [7, 11) is 1.97. The molecule has 0 atom stereocenters. The Morgan fingerprint density at radius 3 is 2.76 bits per heavy atom. The van der Waals surface area contributed by atoms with Crippen LogP contribution in [0, 0.1) is 0 Å². The zero-order chi connectivity index (χ0) is 12.1. The predicted octanol–water partition coefficient (Wildman–Crippen LogP) is 2.34. The van der Waals surface area contributed by atoms with E-state index < -0.39 is 0 Å². The summed E-state index contributed by atoms with van der Waals surface area (Å²) in [6.45, 7) is 2.02. The minimum Gasteiger partial charge on any atom is -0.292 e. The molecular formula is C12H21BrN4. The highest BCUT2D eigenvalue weighted by Crippen LogP contribution is 2.23. The third-order valence-corrected chi connectivity index (χ3v) is 3.97. The molecule has 1 fully saturated rings. The Labute approximate surface area is 112 Å². The van der Waals surface area contributed by atoms with Gasteiger partial charge >= 0.3 is 0 Å². The Morgan fingerprint density at radius 1 is 1.41 bits per heavy atom. The summed E-state index contributed by atoms with van der Waals surface area (Å²) < 4.78 is 1.88. The fraction of sp³-hybridized carbons (Fsp3) is 0.833. The lowest BCUT2D eigenvalue weighted by atomic mass is 9.94. The quantitative estimate of drug-likeness (QED) is 0.783. The number of halogens is 1. The maximum Gasteiger partial charge on any atom is 0.140 e. The van der Waals surface area contributed by atoms with E-state index in [1.807, 2.05) is 11.7 Å². The number of nitrogens with zero attached hydrogens (tertiary/aromatic N) is 4. The van der Waals surface area contributed by atoms with Gasteiger partial charge < -0.3 is 0 Å². The van der Waals surface area contributed by atoms with Gasteiger partial charge in [0.1, 0.15) is 12.2 Å². The van der Waals surface area contributed by atoms with E-state index in [4.69, 9.17) is 0 Å². The van der Waals surface area contributed by atoms with E-state index in [9.17, 15) is 0 Å². The molecule has 1 aliphatic rings. The van der Waals surface area contributed by atoms with Crippen molar-refractivity contribution in [3.8, 4) is 0 Å². The summed E-state index contributed by atoms with van der Waals surface area (Å²) in [4.78, 5) is 6.88. The number of rotatable bonds is 5. The van der Waals surface area contributed by atoms with Gasteiger partial charge in [-0.15, -0.1) is 0 Å². The summed E-state index contributed by atoms with van der Waals surface area (Å²) in [5, 5.41) is 5.17. The molecule has 0 bridgehead atoms. The highest BCUT2D eigenvalue weighted by atomic mass is 79.9. The molecule has 1 heterocycles. The van der Waals surface area contributed by atoms with Gasteiger partial charge in [-0.25, -0.2) is 4.98 Å². The molecule has 0 amide bonds. The summed E-state index contributed by atoms with van der Waals surface area (Å²) in [5.74, 6) is 1.07. The molecule has 0 aromatic carbocycles. The van der Waals surface area contributed by atoms with Crippen LogP contribution < -0.4 is 0 Å². The summed E-state index contributed by atoms with van der Waals surface area (Å²) in [6.07, 6.45) is 8.48. The Morgan fingerprint density at radius 2 is 2.18 bits per heavy atom. The van der Waals surface area contributed by atoms with Crippen molar-refractivity contribution in [3.05, 3.63) is 12.2 Å². The van der Waals surface area contributed by atoms with Crippen LogP contribution in [0.25, 0.3) is 0 Å². The van der Waals surface area contributed by atoms with Gasteiger partial charge in [-0.2, -0.15) is 5.10 Å². The first-order valence-electron chi connectivity index (χ1n) is 6.44. The second-order valence-electron chi connectivity index (χ2n) is 4.75. The lowest BCUT2D eigenvalue weighted by Crippen LogP contribution is -2.38. The molecule has 17 heavy (non-hydrogen) atoms. The van der Waals surface area contributed by atoms with E-state index in [1.54, 1.807) is 6.33 Å². The molecule has 1 aromatic heterocycles. The molecule has 2 rings (SSSR count). The average molecular weight is 301 g/mol. The van der Waals surface area contributed by atoms with Crippen LogP contribution >= 0.6 is 15.9 Å². The monoisotopic (exact) mass is 300 g/mol. The number of aromatic nitrogens is 3. The maximum absolute atomic E-state index is 4.33. The molecule has 0 unspecified atom stereocenters. The molecule has 1 aromatic rings. The van der Waals surface area contributed by atoms with Gasteiger partial charge in [0.05, 0.1) is 6.54 Å². The highest BCUT2D eigenvalue weighted by Gasteiger charge is 2.21. The SMILES string of the molecule is Cn1ncnc1CN(CCBr)C1CCCCC1. The van der Waals surface area contributed by atoms with Crippen LogP contribution in [0.15, 0.2) is 6.33 Å². The Bertz CT molecular complexity index is 333. The van der Waals surface area contributed by atoms with Crippen LogP contribution in [-0.2, 0) is 13.6 Å². The first kappa shape index (κ1) is 13.0. The Balaban J connectivity index is 1.98. The molecule has 0 spiro atoms. The highest BCUT2D eigenvalue weighted by molar-refractivity contribution is 9.09. The standard InChI is InChI=1S/C12H21BrN4/c1-16-12(14-10-15-16)9-17(8-7-13)11-5-3-2-4-6-11/h10-11H,2-9H2,1H3. The number of aryl methyl sites for hydroxylation is 1. The van der Waals surface area contributed by atoms with Crippen molar-refractivity contribution < 1.29 is 0 Å². The largest absolute Gasteiger partial charge is 0.292 e. The lowest BCUT2D eigenvalue weighted by molar-refractivity contribution is 0.152. The summed E-state index contributed by atoms with van der Waals surface area (Å²) in [6, 6.07) is 0.734. The predicted molar refractivity (Wildman–Crippen MR) is 72.1 cm³/mol. The topological polar surface area (TPSA) is 34.0 Å². The Hall–Kier alpha value is -0.420. The summed E-state index contributed by atoms with van der Waals surface area (Å²) in [5.41, 5.74) is 0. The van der Waals surface area contributed by atoms with Gasteiger partial charge in [0.2, 0.25) is 0 Å². The van der Waals surface area contributed by atoms with Crippen molar-refractivity contribution in [3.63, 3.8) is 0 Å².